The lowest BCUT2D eigenvalue weighted by molar-refractivity contribution is 0.118. The maximum Gasteiger partial charge on any atom is 0.182 e. The first-order valence-electron chi connectivity index (χ1n) is 7.64. The predicted octanol–water partition coefficient (Wildman–Crippen LogP) is 1.66. The molecule has 3 aromatic rings. The van der Waals surface area contributed by atoms with Gasteiger partial charge in [-0.2, -0.15) is 0 Å². The zero-order valence-corrected chi connectivity index (χ0v) is 13.4. The lowest BCUT2D eigenvalue weighted by Crippen LogP contribution is -2.26. The van der Waals surface area contributed by atoms with Crippen molar-refractivity contribution in [2.24, 2.45) is 0 Å². The van der Waals surface area contributed by atoms with Gasteiger partial charge in [-0.3, -0.25) is 0 Å². The van der Waals surface area contributed by atoms with Gasteiger partial charge >= 0.3 is 0 Å². The molecule has 3 aromatic heterocycles. The highest BCUT2D eigenvalue weighted by molar-refractivity contribution is 5.83. The molecule has 1 fully saturated rings. The van der Waals surface area contributed by atoms with Crippen molar-refractivity contribution in [1.29, 1.82) is 0 Å². The van der Waals surface area contributed by atoms with Crippen molar-refractivity contribution >= 4 is 17.0 Å². The van der Waals surface area contributed by atoms with Crippen LogP contribution < -0.4 is 4.90 Å². The molecule has 8 nitrogen and oxygen atoms in total. The normalized spacial score (nSPS) is 21.4. The quantitative estimate of drug-likeness (QED) is 0.763. The van der Waals surface area contributed by atoms with Crippen LogP contribution in [0.5, 0.6) is 0 Å². The molecule has 1 aliphatic heterocycles. The van der Waals surface area contributed by atoms with E-state index >= 15 is 0 Å². The number of hydrogen-bond donors (Lipinski definition) is 2. The van der Waals surface area contributed by atoms with Crippen molar-refractivity contribution in [1.82, 2.24) is 29.9 Å². The second-order valence-corrected chi connectivity index (χ2v) is 5.89. The van der Waals surface area contributed by atoms with E-state index in [1.165, 1.54) is 0 Å². The summed E-state index contributed by atoms with van der Waals surface area (Å²) in [5.41, 5.74) is 3.63. The summed E-state index contributed by atoms with van der Waals surface area (Å²) in [5.74, 6) is 1.79. The Balaban J connectivity index is 1.79. The topological polar surface area (TPSA) is 95.6 Å². The van der Waals surface area contributed by atoms with Crippen molar-refractivity contribution in [3.8, 4) is 0 Å². The summed E-state index contributed by atoms with van der Waals surface area (Å²) in [4.78, 5) is 26.3. The van der Waals surface area contributed by atoms with E-state index in [4.69, 9.17) is 4.74 Å². The van der Waals surface area contributed by atoms with Crippen LogP contribution in [0.25, 0.3) is 11.2 Å². The van der Waals surface area contributed by atoms with E-state index in [2.05, 4.69) is 34.8 Å². The van der Waals surface area contributed by atoms with Crippen molar-refractivity contribution in [2.45, 2.75) is 32.4 Å². The highest BCUT2D eigenvalue weighted by Crippen LogP contribution is 2.37. The molecule has 0 amide bonds. The van der Waals surface area contributed by atoms with E-state index in [-0.39, 0.29) is 12.1 Å². The average molecular weight is 313 g/mol. The Morgan fingerprint density at radius 2 is 2.13 bits per heavy atom. The first kappa shape index (κ1) is 14.1. The maximum absolute atomic E-state index is 5.59. The van der Waals surface area contributed by atoms with Gasteiger partial charge in [-0.05, 0) is 13.8 Å². The van der Waals surface area contributed by atoms with Crippen LogP contribution in [-0.4, -0.2) is 49.7 Å². The molecule has 23 heavy (non-hydrogen) atoms. The number of imidazole rings is 2. The van der Waals surface area contributed by atoms with Gasteiger partial charge in [0, 0.05) is 25.8 Å². The molecule has 4 rings (SSSR count). The lowest BCUT2D eigenvalue weighted by Gasteiger charge is -2.24. The zero-order valence-electron chi connectivity index (χ0n) is 13.4. The standard InChI is InChI=1S/C15H19N7O/c1-8-9(2)21-13(20-8)11-4-10(23-3)5-22(11)15-12-14(17-6-16-12)18-7-19-15/h6-7,10-11H,4-5H2,1-3H3,(H,20,21)(H,16,17,18,19)/t10-,11+/m1/s1. The van der Waals surface area contributed by atoms with Gasteiger partial charge in [0.05, 0.1) is 24.2 Å². The highest BCUT2D eigenvalue weighted by atomic mass is 16.5. The Bertz CT molecular complexity index is 820. The second kappa shape index (κ2) is 5.31. The van der Waals surface area contributed by atoms with Gasteiger partial charge in [-0.15, -0.1) is 0 Å². The van der Waals surface area contributed by atoms with E-state index in [9.17, 15) is 0 Å². The molecule has 2 atom stereocenters. The van der Waals surface area contributed by atoms with E-state index < -0.39 is 0 Å². The molecule has 0 radical (unpaired) electrons. The molecule has 2 N–H and O–H groups in total. The van der Waals surface area contributed by atoms with Gasteiger partial charge in [0.2, 0.25) is 0 Å². The molecule has 1 saturated heterocycles. The number of nitrogens with zero attached hydrogens (tertiary/aromatic N) is 5. The number of rotatable bonds is 3. The van der Waals surface area contributed by atoms with Crippen LogP contribution in [-0.2, 0) is 4.74 Å². The number of aromatic nitrogens is 6. The van der Waals surface area contributed by atoms with Crippen molar-refractivity contribution < 1.29 is 4.74 Å². The minimum absolute atomic E-state index is 0.0914. The van der Waals surface area contributed by atoms with Crippen molar-refractivity contribution in [3.63, 3.8) is 0 Å². The van der Waals surface area contributed by atoms with Crippen LogP contribution in [0.4, 0.5) is 5.82 Å². The Labute approximate surface area is 133 Å². The largest absolute Gasteiger partial charge is 0.380 e. The number of aromatic amines is 2. The molecule has 4 heterocycles. The second-order valence-electron chi connectivity index (χ2n) is 5.89. The van der Waals surface area contributed by atoms with Crippen LogP contribution in [0, 0.1) is 13.8 Å². The molecular weight excluding hydrogens is 294 g/mol. The molecule has 0 bridgehead atoms. The number of H-pyrrole nitrogens is 2. The smallest absolute Gasteiger partial charge is 0.182 e. The first-order valence-corrected chi connectivity index (χ1v) is 7.64. The summed E-state index contributed by atoms with van der Waals surface area (Å²) in [6, 6.07) is 0.0914. The molecule has 0 spiro atoms. The van der Waals surface area contributed by atoms with E-state index in [1.54, 1.807) is 19.8 Å². The van der Waals surface area contributed by atoms with Crippen LogP contribution >= 0.6 is 0 Å². The summed E-state index contributed by atoms with van der Waals surface area (Å²) in [6.07, 6.45) is 4.19. The van der Waals surface area contributed by atoms with Crippen LogP contribution in [0.3, 0.4) is 0 Å². The monoisotopic (exact) mass is 313 g/mol. The first-order chi connectivity index (χ1) is 11.2. The van der Waals surface area contributed by atoms with Crippen LogP contribution in [0.2, 0.25) is 0 Å². The van der Waals surface area contributed by atoms with Gasteiger partial charge < -0.3 is 19.6 Å². The van der Waals surface area contributed by atoms with Crippen molar-refractivity contribution in [3.05, 3.63) is 29.9 Å². The Morgan fingerprint density at radius 3 is 2.87 bits per heavy atom. The van der Waals surface area contributed by atoms with Gasteiger partial charge in [-0.1, -0.05) is 0 Å². The highest BCUT2D eigenvalue weighted by Gasteiger charge is 2.37. The summed E-state index contributed by atoms with van der Waals surface area (Å²) in [6.45, 7) is 4.81. The fourth-order valence-corrected chi connectivity index (χ4v) is 3.16. The lowest BCUT2D eigenvalue weighted by atomic mass is 10.2. The molecule has 8 heteroatoms. The molecule has 0 unspecified atom stereocenters. The maximum atomic E-state index is 5.59. The number of nitrogens with one attached hydrogen (secondary N) is 2. The van der Waals surface area contributed by atoms with E-state index in [0.29, 0.717) is 5.65 Å². The Kier molecular flexibility index (Phi) is 3.26. The number of methoxy groups -OCH3 is 1. The van der Waals surface area contributed by atoms with Crippen LogP contribution in [0.15, 0.2) is 12.7 Å². The molecule has 1 aliphatic rings. The third kappa shape index (κ3) is 2.26. The minimum Gasteiger partial charge on any atom is -0.380 e. The molecular formula is C15H19N7O. The third-order valence-electron chi connectivity index (χ3n) is 4.53. The summed E-state index contributed by atoms with van der Waals surface area (Å²) >= 11 is 0. The predicted molar refractivity (Wildman–Crippen MR) is 85.2 cm³/mol. The summed E-state index contributed by atoms with van der Waals surface area (Å²) in [5, 5.41) is 0. The van der Waals surface area contributed by atoms with Gasteiger partial charge in [0.15, 0.2) is 11.5 Å². The third-order valence-corrected chi connectivity index (χ3v) is 4.53. The number of fused-ring (bicyclic) bond motifs is 1. The number of hydrogen-bond acceptors (Lipinski definition) is 6. The van der Waals surface area contributed by atoms with Crippen LogP contribution in [0.1, 0.15) is 29.7 Å². The molecule has 0 saturated carbocycles. The Morgan fingerprint density at radius 1 is 1.26 bits per heavy atom. The molecule has 120 valence electrons. The van der Waals surface area contributed by atoms with E-state index in [0.717, 1.165) is 41.5 Å². The molecule has 0 aliphatic carbocycles. The fourth-order valence-electron chi connectivity index (χ4n) is 3.16. The SMILES string of the molecule is CO[C@@H]1C[C@@H](c2nc(C)c(C)[nH]2)N(c2ncnc3nc[nH]c23)C1. The van der Waals surface area contributed by atoms with Crippen molar-refractivity contribution in [2.75, 3.05) is 18.6 Å². The van der Waals surface area contributed by atoms with E-state index in [1.807, 2.05) is 13.8 Å². The Hall–Kier alpha value is -2.48. The number of anilines is 1. The minimum atomic E-state index is 0.0914. The van der Waals surface area contributed by atoms with Gasteiger partial charge in [0.25, 0.3) is 0 Å². The van der Waals surface area contributed by atoms with Gasteiger partial charge in [-0.25, -0.2) is 19.9 Å². The fraction of sp³-hybridized carbons (Fsp3) is 0.467. The number of ether oxygens (including phenoxy) is 1. The zero-order chi connectivity index (χ0) is 16.0. The molecule has 0 aromatic carbocycles. The summed E-state index contributed by atoms with van der Waals surface area (Å²) in [7, 11) is 1.75. The number of aryl methyl sites for hydroxylation is 2. The summed E-state index contributed by atoms with van der Waals surface area (Å²) < 4.78 is 5.59. The average Bonchev–Trinajstić information content (AvgIpc) is 3.25. The van der Waals surface area contributed by atoms with Gasteiger partial charge in [0.1, 0.15) is 17.7 Å².